The van der Waals surface area contributed by atoms with Gasteiger partial charge in [0.2, 0.25) is 0 Å². The Kier molecular flexibility index (Phi) is 4.86. The Labute approximate surface area is 174 Å². The number of carbonyl (C=O) groups excluding carboxylic acids is 1. The van der Waals surface area contributed by atoms with Crippen molar-refractivity contribution >= 4 is 23.1 Å². The van der Waals surface area contributed by atoms with E-state index < -0.39 is 0 Å². The van der Waals surface area contributed by atoms with E-state index in [-0.39, 0.29) is 5.91 Å². The number of amides is 1. The number of hydrogen-bond donors (Lipinski definition) is 1. The van der Waals surface area contributed by atoms with Crippen LogP contribution in [0.3, 0.4) is 0 Å². The Morgan fingerprint density at radius 3 is 2.60 bits per heavy atom. The zero-order valence-electron chi connectivity index (χ0n) is 16.4. The molecule has 7 nitrogen and oxygen atoms in total. The van der Waals surface area contributed by atoms with E-state index in [1.165, 1.54) is 5.69 Å². The van der Waals surface area contributed by atoms with Gasteiger partial charge in [0.05, 0.1) is 24.5 Å². The molecule has 3 aromatic heterocycles. The molecule has 1 fully saturated rings. The van der Waals surface area contributed by atoms with Gasteiger partial charge in [-0.1, -0.05) is 18.2 Å². The average molecular weight is 399 g/mol. The summed E-state index contributed by atoms with van der Waals surface area (Å²) in [5.74, 6) is 0.272. The van der Waals surface area contributed by atoms with E-state index in [0.29, 0.717) is 17.0 Å². The predicted octanol–water partition coefficient (Wildman–Crippen LogP) is 3.49. The molecule has 1 saturated heterocycles. The van der Waals surface area contributed by atoms with E-state index >= 15 is 0 Å². The summed E-state index contributed by atoms with van der Waals surface area (Å²) in [6.07, 6.45) is 5.48. The smallest absolute Gasteiger partial charge is 0.260 e. The van der Waals surface area contributed by atoms with Crippen molar-refractivity contribution in [2.45, 2.75) is 0 Å². The highest BCUT2D eigenvalue weighted by Gasteiger charge is 2.15. The number of hydrogen-bond acceptors (Lipinski definition) is 5. The van der Waals surface area contributed by atoms with Crippen molar-refractivity contribution in [1.29, 1.82) is 0 Å². The SMILES string of the molecule is O=C(Nc1ccccn1)c1cccn2cc(-c3ccc(N4CCOCC4)cc3)nc12. The van der Waals surface area contributed by atoms with E-state index in [0.717, 1.165) is 37.6 Å². The lowest BCUT2D eigenvalue weighted by molar-refractivity contribution is 0.102. The van der Waals surface area contributed by atoms with E-state index in [4.69, 9.17) is 9.72 Å². The highest BCUT2D eigenvalue weighted by atomic mass is 16.5. The van der Waals surface area contributed by atoms with Gasteiger partial charge in [-0.3, -0.25) is 4.79 Å². The molecule has 0 saturated carbocycles. The number of morpholine rings is 1. The molecule has 7 heteroatoms. The summed E-state index contributed by atoms with van der Waals surface area (Å²) in [7, 11) is 0. The first-order valence-electron chi connectivity index (χ1n) is 9.91. The lowest BCUT2D eigenvalue weighted by atomic mass is 10.1. The molecule has 0 unspecified atom stereocenters. The minimum Gasteiger partial charge on any atom is -0.378 e. The molecule has 5 rings (SSSR count). The zero-order chi connectivity index (χ0) is 20.3. The molecule has 150 valence electrons. The van der Waals surface area contributed by atoms with Crippen molar-refractivity contribution < 1.29 is 9.53 Å². The topological polar surface area (TPSA) is 71.8 Å². The minimum atomic E-state index is -0.237. The van der Waals surface area contributed by atoms with E-state index in [1.54, 1.807) is 18.3 Å². The highest BCUT2D eigenvalue weighted by Crippen LogP contribution is 2.25. The van der Waals surface area contributed by atoms with Crippen LogP contribution in [0.1, 0.15) is 10.4 Å². The maximum Gasteiger partial charge on any atom is 0.260 e. The number of fused-ring (bicyclic) bond motifs is 1. The first kappa shape index (κ1) is 18.3. The maximum atomic E-state index is 12.8. The Morgan fingerprint density at radius 1 is 1.00 bits per heavy atom. The third kappa shape index (κ3) is 3.62. The largest absolute Gasteiger partial charge is 0.378 e. The van der Waals surface area contributed by atoms with Gasteiger partial charge < -0.3 is 19.4 Å². The number of nitrogens with zero attached hydrogens (tertiary/aromatic N) is 4. The van der Waals surface area contributed by atoms with Crippen LogP contribution in [0.4, 0.5) is 11.5 Å². The van der Waals surface area contributed by atoms with Crippen LogP contribution >= 0.6 is 0 Å². The Morgan fingerprint density at radius 2 is 1.83 bits per heavy atom. The number of anilines is 2. The number of pyridine rings is 2. The summed E-state index contributed by atoms with van der Waals surface area (Å²) < 4.78 is 7.30. The second-order valence-corrected chi connectivity index (χ2v) is 7.09. The zero-order valence-corrected chi connectivity index (χ0v) is 16.4. The van der Waals surface area contributed by atoms with Crippen LogP contribution in [-0.2, 0) is 4.74 Å². The van der Waals surface area contributed by atoms with Crippen LogP contribution in [0.15, 0.2) is 73.2 Å². The average Bonchev–Trinajstić information content (AvgIpc) is 3.25. The monoisotopic (exact) mass is 399 g/mol. The van der Waals surface area contributed by atoms with Gasteiger partial charge in [0.1, 0.15) is 11.5 Å². The first-order chi connectivity index (χ1) is 14.8. The molecule has 1 amide bonds. The molecule has 1 aromatic carbocycles. The summed E-state index contributed by atoms with van der Waals surface area (Å²) in [6, 6.07) is 17.4. The Bertz CT molecular complexity index is 1170. The molecule has 0 radical (unpaired) electrons. The summed E-state index contributed by atoms with van der Waals surface area (Å²) in [5.41, 5.74) is 4.12. The predicted molar refractivity (Wildman–Crippen MR) is 116 cm³/mol. The van der Waals surface area contributed by atoms with Crippen molar-refractivity contribution in [2.24, 2.45) is 0 Å². The summed E-state index contributed by atoms with van der Waals surface area (Å²) in [6.45, 7) is 3.33. The lowest BCUT2D eigenvalue weighted by Gasteiger charge is -2.28. The van der Waals surface area contributed by atoms with Crippen molar-refractivity contribution in [1.82, 2.24) is 14.4 Å². The molecule has 0 spiro atoms. The van der Waals surface area contributed by atoms with Crippen LogP contribution in [0.5, 0.6) is 0 Å². The van der Waals surface area contributed by atoms with Crippen molar-refractivity contribution in [3.8, 4) is 11.3 Å². The van der Waals surface area contributed by atoms with Crippen LogP contribution in [0.2, 0.25) is 0 Å². The van der Waals surface area contributed by atoms with Crippen molar-refractivity contribution in [3.63, 3.8) is 0 Å². The van der Waals surface area contributed by atoms with E-state index in [9.17, 15) is 4.79 Å². The van der Waals surface area contributed by atoms with E-state index in [1.807, 2.05) is 35.0 Å². The number of aromatic nitrogens is 3. The molecule has 4 heterocycles. The third-order valence-electron chi connectivity index (χ3n) is 5.17. The minimum absolute atomic E-state index is 0.237. The highest BCUT2D eigenvalue weighted by molar-refractivity contribution is 6.08. The van der Waals surface area contributed by atoms with Gasteiger partial charge in [-0.25, -0.2) is 9.97 Å². The summed E-state index contributed by atoms with van der Waals surface area (Å²) in [5, 5.41) is 2.82. The molecule has 4 aromatic rings. The molecule has 1 aliphatic heterocycles. The normalized spacial score (nSPS) is 14.1. The fourth-order valence-electron chi connectivity index (χ4n) is 3.61. The third-order valence-corrected chi connectivity index (χ3v) is 5.17. The number of nitrogens with one attached hydrogen (secondary N) is 1. The number of ether oxygens (including phenoxy) is 1. The van der Waals surface area contributed by atoms with Crippen LogP contribution in [0.25, 0.3) is 16.9 Å². The lowest BCUT2D eigenvalue weighted by Crippen LogP contribution is -2.36. The second-order valence-electron chi connectivity index (χ2n) is 7.09. The standard InChI is InChI=1S/C23H21N5O2/c29-23(26-21-5-1-2-10-24-21)19-4-3-11-28-16-20(25-22(19)28)17-6-8-18(9-7-17)27-12-14-30-15-13-27/h1-11,16H,12-15H2,(H,24,26,29). The fraction of sp³-hybridized carbons (Fsp3) is 0.174. The Hall–Kier alpha value is -3.71. The molecule has 0 bridgehead atoms. The molecule has 1 aliphatic rings. The number of benzene rings is 1. The number of rotatable bonds is 4. The molecule has 0 aliphatic carbocycles. The number of imidazole rings is 1. The Balaban J connectivity index is 1.42. The maximum absolute atomic E-state index is 12.8. The van der Waals surface area contributed by atoms with Gasteiger partial charge in [-0.15, -0.1) is 0 Å². The van der Waals surface area contributed by atoms with E-state index in [2.05, 4.69) is 39.5 Å². The van der Waals surface area contributed by atoms with Crippen LogP contribution < -0.4 is 10.2 Å². The van der Waals surface area contributed by atoms with Crippen molar-refractivity contribution in [2.75, 3.05) is 36.5 Å². The molecule has 1 N–H and O–H groups in total. The number of carbonyl (C=O) groups is 1. The molecular weight excluding hydrogens is 378 g/mol. The van der Waals surface area contributed by atoms with Gasteiger partial charge in [-0.05, 0) is 36.4 Å². The fourth-order valence-corrected chi connectivity index (χ4v) is 3.61. The molecule has 30 heavy (non-hydrogen) atoms. The summed E-state index contributed by atoms with van der Waals surface area (Å²) in [4.78, 5) is 24.0. The van der Waals surface area contributed by atoms with Crippen LogP contribution in [0, 0.1) is 0 Å². The van der Waals surface area contributed by atoms with Gasteiger partial charge in [0.15, 0.2) is 0 Å². The second kappa shape index (κ2) is 7.96. The quantitative estimate of drug-likeness (QED) is 0.569. The molecular formula is C23H21N5O2. The first-order valence-corrected chi connectivity index (χ1v) is 9.91. The van der Waals surface area contributed by atoms with Crippen molar-refractivity contribution in [3.05, 3.63) is 78.8 Å². The van der Waals surface area contributed by atoms with Crippen LogP contribution in [-0.4, -0.2) is 46.6 Å². The van der Waals surface area contributed by atoms with Gasteiger partial charge in [-0.2, -0.15) is 0 Å². The van der Waals surface area contributed by atoms with Gasteiger partial charge in [0, 0.05) is 42.9 Å². The van der Waals surface area contributed by atoms with Gasteiger partial charge >= 0.3 is 0 Å². The molecule has 0 atom stereocenters. The van der Waals surface area contributed by atoms with Gasteiger partial charge in [0.25, 0.3) is 5.91 Å². The summed E-state index contributed by atoms with van der Waals surface area (Å²) >= 11 is 0.